The number of ether oxygens (including phenoxy) is 4. The van der Waals surface area contributed by atoms with Crippen LogP contribution in [0.15, 0.2) is 78.0 Å². The Labute approximate surface area is 242 Å². The lowest BCUT2D eigenvalue weighted by Gasteiger charge is -2.24. The number of pyridine rings is 3. The smallest absolute Gasteiger partial charge is 0.200 e. The molecule has 4 heterocycles. The molecule has 0 unspecified atom stereocenters. The van der Waals surface area contributed by atoms with Gasteiger partial charge in [-0.3, -0.25) is 19.6 Å². The molecule has 9 nitrogen and oxygen atoms in total. The minimum Gasteiger partial charge on any atom is -0.493 e. The lowest BCUT2D eigenvalue weighted by atomic mass is 9.99. The van der Waals surface area contributed by atoms with Gasteiger partial charge in [0, 0.05) is 54.7 Å². The highest BCUT2D eigenvalue weighted by Crippen LogP contribution is 2.36. The molecule has 0 N–H and O–H groups in total. The highest BCUT2D eigenvalue weighted by molar-refractivity contribution is 5.99. The van der Waals surface area contributed by atoms with Crippen molar-refractivity contribution in [2.45, 2.75) is 25.8 Å². The van der Waals surface area contributed by atoms with Crippen molar-refractivity contribution >= 4 is 27.6 Å². The van der Waals surface area contributed by atoms with Crippen molar-refractivity contribution < 1.29 is 23.7 Å². The van der Waals surface area contributed by atoms with Crippen molar-refractivity contribution in [2.75, 3.05) is 27.4 Å². The number of aromatic nitrogens is 3. The second-order valence-electron chi connectivity index (χ2n) is 10.3. The molecule has 0 radical (unpaired) electrons. The van der Waals surface area contributed by atoms with E-state index >= 15 is 0 Å². The van der Waals surface area contributed by atoms with Crippen LogP contribution in [-0.4, -0.2) is 47.8 Å². The average molecular weight is 566 g/mol. The fourth-order valence-electron chi connectivity index (χ4n) is 5.40. The number of para-hydroxylation sites is 1. The first-order chi connectivity index (χ1) is 20.5. The molecule has 0 amide bonds. The monoisotopic (exact) mass is 565 g/mol. The normalized spacial score (nSPS) is 13.8. The summed E-state index contributed by atoms with van der Waals surface area (Å²) in [6, 6.07) is 16.3. The summed E-state index contributed by atoms with van der Waals surface area (Å²) in [7, 11) is 3.15. The van der Waals surface area contributed by atoms with E-state index in [1.807, 2.05) is 28.8 Å². The first-order valence-corrected chi connectivity index (χ1v) is 13.9. The Kier molecular flexibility index (Phi) is 7.83. The average Bonchev–Trinajstić information content (AvgIpc) is 3.03. The maximum Gasteiger partial charge on any atom is 0.200 e. The van der Waals surface area contributed by atoms with E-state index in [2.05, 4.69) is 9.97 Å². The van der Waals surface area contributed by atoms with Crippen molar-refractivity contribution in [1.29, 1.82) is 0 Å². The number of carbonyl (C=O) groups excluding carboxylic acids is 1. The van der Waals surface area contributed by atoms with Crippen LogP contribution in [-0.2, 0) is 17.7 Å². The Balaban J connectivity index is 1.23. The van der Waals surface area contributed by atoms with Crippen LogP contribution < -0.4 is 19.6 Å². The minimum atomic E-state index is -0.270. The van der Waals surface area contributed by atoms with Gasteiger partial charge in [-0.2, -0.15) is 0 Å². The van der Waals surface area contributed by atoms with E-state index in [1.54, 1.807) is 63.1 Å². The SMILES string of the molecule is COc1cc2nccc(Oc3ccc(CC(=O)c4cn(CC5CCOCC5)c5ccccc5c4=O)nc3)c2cc1OC. The van der Waals surface area contributed by atoms with Gasteiger partial charge in [0.25, 0.3) is 0 Å². The van der Waals surface area contributed by atoms with Gasteiger partial charge in [-0.1, -0.05) is 12.1 Å². The van der Waals surface area contributed by atoms with Gasteiger partial charge in [-0.05, 0) is 55.2 Å². The molecule has 6 rings (SSSR count). The molecule has 1 fully saturated rings. The molecule has 2 aromatic carbocycles. The summed E-state index contributed by atoms with van der Waals surface area (Å²) >= 11 is 0. The summed E-state index contributed by atoms with van der Waals surface area (Å²) in [5.74, 6) is 2.38. The van der Waals surface area contributed by atoms with Crippen LogP contribution in [0.1, 0.15) is 28.9 Å². The highest BCUT2D eigenvalue weighted by Gasteiger charge is 2.20. The third kappa shape index (κ3) is 5.56. The maximum atomic E-state index is 13.4. The van der Waals surface area contributed by atoms with Crippen LogP contribution in [0.25, 0.3) is 21.8 Å². The number of carbonyl (C=O) groups is 1. The van der Waals surface area contributed by atoms with E-state index in [0.717, 1.165) is 43.5 Å². The molecule has 0 spiro atoms. The minimum absolute atomic E-state index is 0.000307. The van der Waals surface area contributed by atoms with Crippen LogP contribution in [0.3, 0.4) is 0 Å². The lowest BCUT2D eigenvalue weighted by molar-refractivity contribution is 0.0615. The molecule has 3 aromatic heterocycles. The first-order valence-electron chi connectivity index (χ1n) is 13.9. The molecule has 42 heavy (non-hydrogen) atoms. The zero-order chi connectivity index (χ0) is 29.1. The summed E-state index contributed by atoms with van der Waals surface area (Å²) in [4.78, 5) is 35.6. The number of ketones is 1. The largest absolute Gasteiger partial charge is 0.493 e. The number of hydrogen-bond acceptors (Lipinski definition) is 8. The Morgan fingerprint density at radius 1 is 0.952 bits per heavy atom. The number of hydrogen-bond donors (Lipinski definition) is 0. The second kappa shape index (κ2) is 12.0. The van der Waals surface area contributed by atoms with E-state index in [9.17, 15) is 9.59 Å². The van der Waals surface area contributed by atoms with Gasteiger partial charge in [0.15, 0.2) is 22.7 Å². The summed E-state index contributed by atoms with van der Waals surface area (Å²) < 4.78 is 24.5. The van der Waals surface area contributed by atoms with Crippen molar-refractivity contribution in [2.24, 2.45) is 5.92 Å². The third-order valence-electron chi connectivity index (χ3n) is 7.66. The van der Waals surface area contributed by atoms with Crippen LogP contribution in [0, 0.1) is 5.92 Å². The molecule has 5 aromatic rings. The van der Waals surface area contributed by atoms with E-state index in [4.69, 9.17) is 18.9 Å². The summed E-state index contributed by atoms with van der Waals surface area (Å²) in [5.41, 5.74) is 2.00. The van der Waals surface area contributed by atoms with Crippen LogP contribution in [0.5, 0.6) is 23.0 Å². The topological polar surface area (TPSA) is 102 Å². The number of nitrogens with zero attached hydrogens (tertiary/aromatic N) is 3. The van der Waals surface area contributed by atoms with Crippen LogP contribution in [0.2, 0.25) is 0 Å². The summed E-state index contributed by atoms with van der Waals surface area (Å²) in [5, 5.41) is 1.30. The van der Waals surface area contributed by atoms with Gasteiger partial charge in [-0.25, -0.2) is 0 Å². The number of benzene rings is 2. The number of fused-ring (bicyclic) bond motifs is 2. The number of Topliss-reactive ketones (excluding diaryl/α,β-unsaturated/α-hetero) is 1. The van der Waals surface area contributed by atoms with Crippen LogP contribution in [0.4, 0.5) is 0 Å². The highest BCUT2D eigenvalue weighted by atomic mass is 16.5. The Morgan fingerprint density at radius 3 is 2.50 bits per heavy atom. The van der Waals surface area contributed by atoms with Gasteiger partial charge >= 0.3 is 0 Å². The first kappa shape index (κ1) is 27.4. The molecule has 0 aliphatic carbocycles. The molecule has 214 valence electrons. The fourth-order valence-corrected chi connectivity index (χ4v) is 5.40. The molecule has 1 saturated heterocycles. The number of rotatable bonds is 9. The van der Waals surface area contributed by atoms with E-state index < -0.39 is 0 Å². The van der Waals surface area contributed by atoms with E-state index in [-0.39, 0.29) is 23.2 Å². The van der Waals surface area contributed by atoms with Gasteiger partial charge in [0.2, 0.25) is 0 Å². The molecule has 0 bridgehead atoms. The molecule has 0 atom stereocenters. The maximum absolute atomic E-state index is 13.4. The second-order valence-corrected chi connectivity index (χ2v) is 10.3. The molecule has 0 saturated carbocycles. The van der Waals surface area contributed by atoms with E-state index in [1.165, 1.54) is 0 Å². The zero-order valence-corrected chi connectivity index (χ0v) is 23.5. The molecular formula is C33H31N3O6. The fraction of sp³-hybridized carbons (Fsp3) is 0.273. The standard InChI is InChI=1S/C33H31N3O6/c1-39-31-16-25-27(17-32(31)40-2)34-12-9-30(25)42-23-8-7-22(35-18-23)15-29(37)26-20-36(19-21-10-13-41-14-11-21)28-6-4-3-5-24(28)33(26)38/h3-9,12,16-18,20-21H,10-11,13-15,19H2,1-2H3. The Morgan fingerprint density at radius 2 is 1.74 bits per heavy atom. The molecule has 9 heteroatoms. The predicted octanol–water partition coefficient (Wildman–Crippen LogP) is 5.61. The van der Waals surface area contributed by atoms with Crippen LogP contribution >= 0.6 is 0 Å². The van der Waals surface area contributed by atoms with Crippen molar-refractivity contribution in [3.8, 4) is 23.0 Å². The van der Waals surface area contributed by atoms with Gasteiger partial charge in [0.05, 0.1) is 43.4 Å². The summed E-state index contributed by atoms with van der Waals surface area (Å²) in [6.07, 6.45) is 6.86. The Bertz CT molecular complexity index is 1810. The van der Waals surface area contributed by atoms with Gasteiger partial charge < -0.3 is 23.5 Å². The quantitative estimate of drug-likeness (QED) is 0.213. The molecule has 1 aliphatic heterocycles. The number of methoxy groups -OCH3 is 2. The van der Waals surface area contributed by atoms with Crippen molar-refractivity contribution in [3.63, 3.8) is 0 Å². The predicted molar refractivity (Wildman–Crippen MR) is 159 cm³/mol. The van der Waals surface area contributed by atoms with Gasteiger partial charge in [-0.15, -0.1) is 0 Å². The third-order valence-corrected chi connectivity index (χ3v) is 7.66. The Hall–Kier alpha value is -4.76. The summed E-state index contributed by atoms with van der Waals surface area (Å²) in [6.45, 7) is 2.21. The van der Waals surface area contributed by atoms with Crippen molar-refractivity contribution in [3.05, 3.63) is 94.7 Å². The van der Waals surface area contributed by atoms with Gasteiger partial charge in [0.1, 0.15) is 11.5 Å². The molecule has 1 aliphatic rings. The van der Waals surface area contributed by atoms with Crippen molar-refractivity contribution in [1.82, 2.24) is 14.5 Å². The zero-order valence-electron chi connectivity index (χ0n) is 23.5. The lowest BCUT2D eigenvalue weighted by Crippen LogP contribution is -2.24. The van der Waals surface area contributed by atoms with E-state index in [0.29, 0.717) is 45.5 Å². The molecular weight excluding hydrogens is 534 g/mol.